The smallest absolute Gasteiger partial charge is 0.241 e. The van der Waals surface area contributed by atoms with Crippen LogP contribution in [0.4, 0.5) is 0 Å². The molecule has 2 fully saturated rings. The van der Waals surface area contributed by atoms with Crippen molar-refractivity contribution in [2.24, 2.45) is 0 Å². The Morgan fingerprint density at radius 3 is 2.63 bits per heavy atom. The Labute approximate surface area is 119 Å². The minimum atomic E-state index is -0.0460. The number of hydrogen-bond acceptors (Lipinski definition) is 3. The third kappa shape index (κ3) is 2.56. The van der Waals surface area contributed by atoms with Crippen LogP contribution >= 0.6 is 11.3 Å². The first-order chi connectivity index (χ1) is 9.27. The van der Waals surface area contributed by atoms with E-state index < -0.39 is 0 Å². The number of carbonyl (C=O) groups excluding carboxylic acids is 1. The third-order valence-electron chi connectivity index (χ3n) is 4.34. The van der Waals surface area contributed by atoms with Gasteiger partial charge in [-0.05, 0) is 31.2 Å². The topological polar surface area (TPSA) is 32.3 Å². The Morgan fingerprint density at radius 1 is 1.26 bits per heavy atom. The molecule has 2 unspecified atom stereocenters. The first-order valence-corrected chi connectivity index (χ1v) is 8.27. The Kier molecular flexibility index (Phi) is 3.89. The Hall–Kier alpha value is -0.870. The molecule has 3 nitrogen and oxygen atoms in total. The predicted octanol–water partition coefficient (Wildman–Crippen LogP) is 3.29. The summed E-state index contributed by atoms with van der Waals surface area (Å²) in [4.78, 5) is 15.9. The minimum Gasteiger partial charge on any atom is -0.318 e. The number of nitrogens with one attached hydrogen (secondary N) is 1. The van der Waals surface area contributed by atoms with Crippen LogP contribution in [0.25, 0.3) is 0 Å². The Morgan fingerprint density at radius 2 is 2.00 bits per heavy atom. The highest BCUT2D eigenvalue weighted by molar-refractivity contribution is 7.10. The van der Waals surface area contributed by atoms with E-state index >= 15 is 0 Å². The van der Waals surface area contributed by atoms with Crippen LogP contribution in [0.1, 0.15) is 56.5 Å². The van der Waals surface area contributed by atoms with Crippen LogP contribution in [0.15, 0.2) is 17.5 Å². The zero-order chi connectivity index (χ0) is 13.2. The Bertz CT molecular complexity index is 423. The van der Waals surface area contributed by atoms with E-state index in [0.717, 1.165) is 0 Å². The highest BCUT2D eigenvalue weighted by atomic mass is 32.1. The normalized spacial score (nSPS) is 29.7. The second-order valence-corrected chi connectivity index (χ2v) is 6.68. The summed E-state index contributed by atoms with van der Waals surface area (Å²) >= 11 is 1.74. The van der Waals surface area contributed by atoms with Crippen LogP contribution in [0.5, 0.6) is 0 Å². The third-order valence-corrected chi connectivity index (χ3v) is 5.27. The van der Waals surface area contributed by atoms with Crippen molar-refractivity contribution in [2.75, 3.05) is 0 Å². The van der Waals surface area contributed by atoms with Gasteiger partial charge in [-0.1, -0.05) is 31.7 Å². The van der Waals surface area contributed by atoms with Gasteiger partial charge in [0.2, 0.25) is 5.91 Å². The largest absolute Gasteiger partial charge is 0.318 e. The molecule has 1 aromatic heterocycles. The number of carbonyl (C=O) groups is 1. The standard InChI is InChI=1S/C15H22N2OS/c1-11-15(18)17(12-7-4-2-3-5-8-12)14(16-11)13-9-6-10-19-13/h6,9-12,14,16H,2-5,7-8H2,1H3. The molecular weight excluding hydrogens is 256 g/mol. The van der Waals surface area contributed by atoms with Crippen molar-refractivity contribution < 1.29 is 4.79 Å². The lowest BCUT2D eigenvalue weighted by atomic mass is 10.1. The van der Waals surface area contributed by atoms with Gasteiger partial charge in [-0.15, -0.1) is 11.3 Å². The molecule has 1 saturated heterocycles. The molecule has 0 spiro atoms. The fourth-order valence-electron chi connectivity index (χ4n) is 3.33. The van der Waals surface area contributed by atoms with E-state index in [9.17, 15) is 4.79 Å². The highest BCUT2D eigenvalue weighted by Crippen LogP contribution is 2.34. The van der Waals surface area contributed by atoms with E-state index in [4.69, 9.17) is 0 Å². The number of rotatable bonds is 2. The van der Waals surface area contributed by atoms with Crippen molar-refractivity contribution in [3.8, 4) is 0 Å². The quantitative estimate of drug-likeness (QED) is 0.842. The summed E-state index contributed by atoms with van der Waals surface area (Å²) in [5, 5.41) is 5.55. The molecule has 1 aliphatic heterocycles. The van der Waals surface area contributed by atoms with Gasteiger partial charge < -0.3 is 4.90 Å². The molecule has 2 atom stereocenters. The molecule has 0 aromatic carbocycles. The lowest BCUT2D eigenvalue weighted by Crippen LogP contribution is -2.39. The molecule has 0 bridgehead atoms. The molecule has 2 heterocycles. The molecule has 1 saturated carbocycles. The summed E-state index contributed by atoms with van der Waals surface area (Å²) in [6.45, 7) is 1.99. The molecule has 1 aliphatic carbocycles. The molecule has 1 aromatic rings. The molecular formula is C15H22N2OS. The fraction of sp³-hybridized carbons (Fsp3) is 0.667. The highest BCUT2D eigenvalue weighted by Gasteiger charge is 2.41. The average molecular weight is 278 g/mol. The van der Waals surface area contributed by atoms with Gasteiger partial charge in [-0.2, -0.15) is 0 Å². The molecule has 1 amide bonds. The maximum atomic E-state index is 12.5. The molecule has 4 heteroatoms. The van der Waals surface area contributed by atoms with Gasteiger partial charge in [-0.3, -0.25) is 10.1 Å². The van der Waals surface area contributed by atoms with Crippen molar-refractivity contribution >= 4 is 17.2 Å². The van der Waals surface area contributed by atoms with Crippen LogP contribution in [0.2, 0.25) is 0 Å². The zero-order valence-electron chi connectivity index (χ0n) is 11.5. The number of amides is 1. The Balaban J connectivity index is 1.84. The van der Waals surface area contributed by atoms with Crippen LogP contribution in [0, 0.1) is 0 Å². The number of nitrogens with zero attached hydrogens (tertiary/aromatic N) is 1. The van der Waals surface area contributed by atoms with Crippen molar-refractivity contribution in [1.29, 1.82) is 0 Å². The molecule has 104 valence electrons. The van der Waals surface area contributed by atoms with E-state index in [1.807, 2.05) is 6.92 Å². The molecule has 0 radical (unpaired) electrons. The van der Waals surface area contributed by atoms with Gasteiger partial charge in [0.1, 0.15) is 6.17 Å². The van der Waals surface area contributed by atoms with Gasteiger partial charge in [-0.25, -0.2) is 0 Å². The van der Waals surface area contributed by atoms with Gasteiger partial charge in [0.15, 0.2) is 0 Å². The monoisotopic (exact) mass is 278 g/mol. The summed E-state index contributed by atoms with van der Waals surface area (Å²) < 4.78 is 0. The van der Waals surface area contributed by atoms with Crippen molar-refractivity contribution in [3.63, 3.8) is 0 Å². The second kappa shape index (κ2) is 5.63. The van der Waals surface area contributed by atoms with E-state index in [-0.39, 0.29) is 18.1 Å². The van der Waals surface area contributed by atoms with Crippen molar-refractivity contribution in [3.05, 3.63) is 22.4 Å². The van der Waals surface area contributed by atoms with Crippen LogP contribution in [-0.2, 0) is 4.79 Å². The fourth-order valence-corrected chi connectivity index (χ4v) is 4.11. The van der Waals surface area contributed by atoms with E-state index in [1.54, 1.807) is 11.3 Å². The van der Waals surface area contributed by atoms with Crippen molar-refractivity contribution in [1.82, 2.24) is 10.2 Å². The lowest BCUT2D eigenvalue weighted by Gasteiger charge is -2.31. The van der Waals surface area contributed by atoms with Gasteiger partial charge in [0.25, 0.3) is 0 Å². The van der Waals surface area contributed by atoms with Crippen LogP contribution in [0.3, 0.4) is 0 Å². The molecule has 19 heavy (non-hydrogen) atoms. The van der Waals surface area contributed by atoms with E-state index in [2.05, 4.69) is 27.7 Å². The first kappa shape index (κ1) is 13.1. The van der Waals surface area contributed by atoms with Gasteiger partial charge >= 0.3 is 0 Å². The average Bonchev–Trinajstić information content (AvgIpc) is 2.93. The lowest BCUT2D eigenvalue weighted by molar-refractivity contribution is -0.132. The summed E-state index contributed by atoms with van der Waals surface area (Å²) in [7, 11) is 0. The second-order valence-electron chi connectivity index (χ2n) is 5.70. The molecule has 1 N–H and O–H groups in total. The molecule has 2 aliphatic rings. The number of thiophene rings is 1. The predicted molar refractivity (Wildman–Crippen MR) is 78.0 cm³/mol. The maximum absolute atomic E-state index is 12.5. The van der Waals surface area contributed by atoms with Gasteiger partial charge in [0.05, 0.1) is 6.04 Å². The van der Waals surface area contributed by atoms with E-state index in [0.29, 0.717) is 6.04 Å². The summed E-state index contributed by atoms with van der Waals surface area (Å²) in [5.41, 5.74) is 0. The SMILES string of the molecule is CC1NC(c2cccs2)N(C2CCCCCC2)C1=O. The van der Waals surface area contributed by atoms with E-state index in [1.165, 1.54) is 43.4 Å². The van der Waals surface area contributed by atoms with Crippen molar-refractivity contribution in [2.45, 2.75) is 63.7 Å². The summed E-state index contributed by atoms with van der Waals surface area (Å²) in [6.07, 6.45) is 7.62. The van der Waals surface area contributed by atoms with Crippen LogP contribution < -0.4 is 5.32 Å². The summed E-state index contributed by atoms with van der Waals surface area (Å²) in [5.74, 6) is 0.283. The summed E-state index contributed by atoms with van der Waals surface area (Å²) in [6, 6.07) is 4.59. The van der Waals surface area contributed by atoms with Gasteiger partial charge in [0, 0.05) is 10.9 Å². The number of hydrogen-bond donors (Lipinski definition) is 1. The zero-order valence-corrected chi connectivity index (χ0v) is 12.3. The maximum Gasteiger partial charge on any atom is 0.241 e. The first-order valence-electron chi connectivity index (χ1n) is 7.39. The minimum absolute atomic E-state index is 0.0460. The molecule has 3 rings (SSSR count). The van der Waals surface area contributed by atoms with Crippen LogP contribution in [-0.4, -0.2) is 22.9 Å².